The van der Waals surface area contributed by atoms with E-state index < -0.39 is 5.56 Å². The molecule has 0 bridgehead atoms. The summed E-state index contributed by atoms with van der Waals surface area (Å²) in [7, 11) is 3.13. The van der Waals surface area contributed by atoms with Gasteiger partial charge in [0.15, 0.2) is 11.5 Å². The van der Waals surface area contributed by atoms with Crippen LogP contribution in [-0.2, 0) is 6.54 Å². The summed E-state index contributed by atoms with van der Waals surface area (Å²) in [5.74, 6) is 0.940. The molecule has 0 saturated carbocycles. The molecule has 0 radical (unpaired) electrons. The zero-order valence-electron chi connectivity index (χ0n) is 19.2. The highest BCUT2D eigenvalue weighted by molar-refractivity contribution is 5.94. The van der Waals surface area contributed by atoms with Crippen molar-refractivity contribution in [1.29, 1.82) is 0 Å². The Morgan fingerprint density at radius 1 is 1.00 bits per heavy atom. The van der Waals surface area contributed by atoms with Crippen LogP contribution in [0.15, 0.2) is 65.5 Å². The van der Waals surface area contributed by atoms with Gasteiger partial charge in [0.25, 0.3) is 11.5 Å². The van der Waals surface area contributed by atoms with E-state index in [9.17, 15) is 9.59 Å². The normalized spacial score (nSPS) is 16.5. The summed E-state index contributed by atoms with van der Waals surface area (Å²) >= 11 is 0. The molecule has 7 heteroatoms. The fraction of sp³-hybridized carbons (Fsp3) is 0.308. The van der Waals surface area contributed by atoms with E-state index in [0.717, 1.165) is 18.7 Å². The van der Waals surface area contributed by atoms with Crippen LogP contribution in [0.3, 0.4) is 0 Å². The molecule has 0 aliphatic carbocycles. The molecule has 2 heterocycles. The smallest absolute Gasteiger partial charge is 0.261 e. The average Bonchev–Trinajstić information content (AvgIpc) is 2.85. The maximum Gasteiger partial charge on any atom is 0.261 e. The molecule has 1 aromatic heterocycles. The maximum absolute atomic E-state index is 13.1. The maximum atomic E-state index is 13.1. The van der Waals surface area contributed by atoms with Crippen LogP contribution in [0.25, 0.3) is 11.3 Å². The number of carbonyl (C=O) groups is 1. The number of rotatable bonds is 6. The second kappa shape index (κ2) is 9.92. The number of pyridine rings is 1. The molecule has 1 aliphatic heterocycles. The quantitative estimate of drug-likeness (QED) is 0.627. The van der Waals surface area contributed by atoms with E-state index in [-0.39, 0.29) is 17.5 Å². The number of benzene rings is 2. The number of nitrogens with one attached hydrogen (secondary N) is 1. The van der Waals surface area contributed by atoms with Crippen molar-refractivity contribution in [1.82, 2.24) is 14.8 Å². The minimum atomic E-state index is -0.397. The van der Waals surface area contributed by atoms with Crippen molar-refractivity contribution in [2.75, 3.05) is 33.9 Å². The summed E-state index contributed by atoms with van der Waals surface area (Å²) in [6.07, 6.45) is 0. The number of aromatic amines is 1. The predicted octanol–water partition coefficient (Wildman–Crippen LogP) is 3.41. The molecule has 7 nitrogen and oxygen atoms in total. The summed E-state index contributed by atoms with van der Waals surface area (Å²) in [5.41, 5.74) is 2.39. The molecule has 1 unspecified atom stereocenters. The first kappa shape index (κ1) is 22.6. The van der Waals surface area contributed by atoms with Crippen LogP contribution in [-0.4, -0.2) is 60.6 Å². The van der Waals surface area contributed by atoms with E-state index in [1.807, 2.05) is 24.3 Å². The number of nitrogens with zero attached hydrogens (tertiary/aromatic N) is 2. The van der Waals surface area contributed by atoms with E-state index in [1.54, 1.807) is 43.4 Å². The van der Waals surface area contributed by atoms with Crippen LogP contribution in [0.2, 0.25) is 0 Å². The van der Waals surface area contributed by atoms with Crippen LogP contribution in [0.1, 0.15) is 22.8 Å². The third-order valence-corrected chi connectivity index (χ3v) is 6.12. The number of hydrogen-bond acceptors (Lipinski definition) is 5. The first-order valence-electron chi connectivity index (χ1n) is 11.0. The summed E-state index contributed by atoms with van der Waals surface area (Å²) in [4.78, 5) is 32.9. The molecule has 172 valence electrons. The standard InChI is InChI=1S/C26H29N3O4/c1-18-16-29(14-13-28(18)17-19-7-5-4-6-8-19)26(31)21-10-11-22(27-25(21)30)20-9-12-23(32-2)24(15-20)33-3/h4-12,15,18H,13-14,16-17H2,1-3H3,(H,27,30). The van der Waals surface area contributed by atoms with Gasteiger partial charge in [0.05, 0.1) is 14.2 Å². The Kier molecular flexibility index (Phi) is 6.79. The molecular weight excluding hydrogens is 418 g/mol. The zero-order chi connectivity index (χ0) is 23.4. The van der Waals surface area contributed by atoms with Gasteiger partial charge in [-0.2, -0.15) is 0 Å². The lowest BCUT2D eigenvalue weighted by atomic mass is 10.1. The Morgan fingerprint density at radius 3 is 2.42 bits per heavy atom. The van der Waals surface area contributed by atoms with Crippen molar-refractivity contribution in [3.8, 4) is 22.8 Å². The predicted molar refractivity (Wildman–Crippen MR) is 128 cm³/mol. The molecule has 1 atom stereocenters. The highest BCUT2D eigenvalue weighted by Crippen LogP contribution is 2.31. The fourth-order valence-corrected chi connectivity index (χ4v) is 4.22. The zero-order valence-corrected chi connectivity index (χ0v) is 19.2. The number of aromatic nitrogens is 1. The number of carbonyl (C=O) groups excluding carboxylic acids is 1. The van der Waals surface area contributed by atoms with Gasteiger partial charge in [0.1, 0.15) is 5.56 Å². The SMILES string of the molecule is COc1ccc(-c2ccc(C(=O)N3CCN(Cc4ccccc4)C(C)C3)c(=O)[nH]2)cc1OC. The highest BCUT2D eigenvalue weighted by Gasteiger charge is 2.28. The summed E-state index contributed by atoms with van der Waals surface area (Å²) in [6.45, 7) is 4.91. The van der Waals surface area contributed by atoms with Gasteiger partial charge in [0.2, 0.25) is 0 Å². The first-order chi connectivity index (χ1) is 16.0. The number of ether oxygens (including phenoxy) is 2. The topological polar surface area (TPSA) is 74.9 Å². The van der Waals surface area contributed by atoms with Crippen LogP contribution < -0.4 is 15.0 Å². The lowest BCUT2D eigenvalue weighted by Gasteiger charge is -2.39. The van der Waals surface area contributed by atoms with Gasteiger partial charge >= 0.3 is 0 Å². The number of methoxy groups -OCH3 is 2. The monoisotopic (exact) mass is 447 g/mol. The Morgan fingerprint density at radius 2 is 1.76 bits per heavy atom. The van der Waals surface area contributed by atoms with Crippen molar-refractivity contribution in [2.45, 2.75) is 19.5 Å². The van der Waals surface area contributed by atoms with Crippen molar-refractivity contribution < 1.29 is 14.3 Å². The summed E-state index contributed by atoms with van der Waals surface area (Å²) in [5, 5.41) is 0. The third kappa shape index (κ3) is 4.93. The van der Waals surface area contributed by atoms with Crippen molar-refractivity contribution in [3.63, 3.8) is 0 Å². The largest absolute Gasteiger partial charge is 0.493 e. The molecule has 2 aromatic carbocycles. The molecule has 1 amide bonds. The van der Waals surface area contributed by atoms with Gasteiger partial charge in [-0.25, -0.2) is 0 Å². The second-order valence-electron chi connectivity index (χ2n) is 8.24. The van der Waals surface area contributed by atoms with Crippen LogP contribution in [0.4, 0.5) is 0 Å². The van der Waals surface area contributed by atoms with Crippen molar-refractivity contribution >= 4 is 5.91 Å². The molecule has 4 rings (SSSR count). The van der Waals surface area contributed by atoms with E-state index in [4.69, 9.17) is 9.47 Å². The third-order valence-electron chi connectivity index (χ3n) is 6.12. The van der Waals surface area contributed by atoms with Gasteiger partial charge in [-0.05, 0) is 42.8 Å². The highest BCUT2D eigenvalue weighted by atomic mass is 16.5. The Hall–Kier alpha value is -3.58. The van der Waals surface area contributed by atoms with E-state index >= 15 is 0 Å². The minimum Gasteiger partial charge on any atom is -0.493 e. The van der Waals surface area contributed by atoms with Gasteiger partial charge in [-0.15, -0.1) is 0 Å². The number of piperazine rings is 1. The van der Waals surface area contributed by atoms with Gasteiger partial charge in [0, 0.05) is 43.5 Å². The van der Waals surface area contributed by atoms with E-state index in [1.165, 1.54) is 5.56 Å². The van der Waals surface area contributed by atoms with Gasteiger partial charge < -0.3 is 19.4 Å². The van der Waals surface area contributed by atoms with Crippen molar-refractivity contribution in [3.05, 3.63) is 82.1 Å². The number of hydrogen-bond donors (Lipinski definition) is 1. The van der Waals surface area contributed by atoms with Crippen molar-refractivity contribution in [2.24, 2.45) is 0 Å². The lowest BCUT2D eigenvalue weighted by molar-refractivity contribution is 0.0494. The second-order valence-corrected chi connectivity index (χ2v) is 8.24. The molecule has 3 aromatic rings. The van der Waals surface area contributed by atoms with Crippen LogP contribution >= 0.6 is 0 Å². The number of H-pyrrole nitrogens is 1. The Bertz CT molecular complexity index is 1180. The van der Waals surface area contributed by atoms with E-state index in [2.05, 4.69) is 28.9 Å². The first-order valence-corrected chi connectivity index (χ1v) is 11.0. The summed E-state index contributed by atoms with van der Waals surface area (Å²) in [6, 6.07) is 19.3. The molecule has 1 saturated heterocycles. The molecular formula is C26H29N3O4. The van der Waals surface area contributed by atoms with E-state index in [0.29, 0.717) is 30.3 Å². The Labute approximate surface area is 193 Å². The molecule has 1 fully saturated rings. The fourth-order valence-electron chi connectivity index (χ4n) is 4.22. The van der Waals surface area contributed by atoms with Crippen LogP contribution in [0.5, 0.6) is 11.5 Å². The van der Waals surface area contributed by atoms with Gasteiger partial charge in [-0.3, -0.25) is 14.5 Å². The van der Waals surface area contributed by atoms with Gasteiger partial charge in [-0.1, -0.05) is 30.3 Å². The summed E-state index contributed by atoms with van der Waals surface area (Å²) < 4.78 is 10.6. The van der Waals surface area contributed by atoms with Crippen LogP contribution in [0, 0.1) is 0 Å². The molecule has 0 spiro atoms. The average molecular weight is 448 g/mol. The minimum absolute atomic E-state index is 0.155. The lowest BCUT2D eigenvalue weighted by Crippen LogP contribution is -2.53. The molecule has 1 N–H and O–H groups in total. The molecule has 33 heavy (non-hydrogen) atoms. The Balaban J connectivity index is 1.46. The molecule has 1 aliphatic rings. The number of amides is 1.